The van der Waals surface area contributed by atoms with Gasteiger partial charge in [0.05, 0.1) is 12.3 Å². The molecule has 6 rings (SSSR count). The first kappa shape index (κ1) is 21.1. The molecule has 0 amide bonds. The molecule has 0 N–H and O–H groups in total. The van der Waals surface area contributed by atoms with E-state index in [1.165, 1.54) is 49.0 Å². The second-order valence-electron chi connectivity index (χ2n) is 8.82. The number of benzene rings is 6. The summed E-state index contributed by atoms with van der Waals surface area (Å²) in [7, 11) is 0. The summed E-state index contributed by atoms with van der Waals surface area (Å²) < 4.78 is 0. The van der Waals surface area contributed by atoms with Gasteiger partial charge in [-0.3, -0.25) is 4.99 Å². The maximum absolute atomic E-state index is 4.84. The molecule has 0 saturated heterocycles. The van der Waals surface area contributed by atoms with Crippen molar-refractivity contribution >= 4 is 38.0 Å². The highest BCUT2D eigenvalue weighted by Crippen LogP contribution is 2.37. The number of rotatable bonds is 5. The minimum absolute atomic E-state index is 0.640. The second kappa shape index (κ2) is 9.04. The fourth-order valence-electron chi connectivity index (χ4n) is 4.98. The summed E-state index contributed by atoms with van der Waals surface area (Å²) in [5, 5.41) is 7.75. The molecule has 6 aromatic carbocycles. The summed E-state index contributed by atoms with van der Waals surface area (Å²) in [4.78, 5) is 4.84. The summed E-state index contributed by atoms with van der Waals surface area (Å²) in [5.74, 6) is 0. The quantitative estimate of drug-likeness (QED) is 0.185. The van der Waals surface area contributed by atoms with Crippen LogP contribution >= 0.6 is 0 Å². The van der Waals surface area contributed by atoms with Gasteiger partial charge in [0.1, 0.15) is 0 Å². The van der Waals surface area contributed by atoms with E-state index in [-0.39, 0.29) is 0 Å². The highest BCUT2D eigenvalue weighted by Gasteiger charge is 2.10. The molecule has 0 bridgehead atoms. The molecule has 1 nitrogen and oxygen atoms in total. The smallest absolute Gasteiger partial charge is 0.0647 e. The molecular weight excluding hydrogens is 422 g/mol. The lowest BCUT2D eigenvalue weighted by Gasteiger charge is -2.12. The van der Waals surface area contributed by atoms with Crippen LogP contribution in [0.25, 0.3) is 43.4 Å². The van der Waals surface area contributed by atoms with Crippen LogP contribution in [0.5, 0.6) is 0 Å². The van der Waals surface area contributed by atoms with Gasteiger partial charge in [-0.1, -0.05) is 116 Å². The van der Waals surface area contributed by atoms with Crippen molar-refractivity contribution in [3.8, 4) is 11.1 Å². The Labute approximate surface area is 205 Å². The topological polar surface area (TPSA) is 12.4 Å². The molecule has 0 saturated carbocycles. The van der Waals surface area contributed by atoms with Crippen molar-refractivity contribution in [2.75, 3.05) is 0 Å². The zero-order chi connectivity index (χ0) is 23.6. The lowest BCUT2D eigenvalue weighted by atomic mass is 9.91. The van der Waals surface area contributed by atoms with Gasteiger partial charge in [0.15, 0.2) is 0 Å². The van der Waals surface area contributed by atoms with Crippen molar-refractivity contribution in [2.45, 2.75) is 6.54 Å². The second-order valence-corrected chi connectivity index (χ2v) is 8.82. The van der Waals surface area contributed by atoms with Crippen molar-refractivity contribution in [1.29, 1.82) is 0 Å². The van der Waals surface area contributed by atoms with Gasteiger partial charge >= 0.3 is 0 Å². The number of hydrogen-bond acceptors (Lipinski definition) is 1. The van der Waals surface area contributed by atoms with Crippen LogP contribution in [-0.2, 0) is 6.54 Å². The molecule has 0 atom stereocenters. The highest BCUT2D eigenvalue weighted by molar-refractivity contribution is 6.25. The first-order valence-corrected chi connectivity index (χ1v) is 12.0. The molecule has 0 radical (unpaired) electrons. The molecule has 35 heavy (non-hydrogen) atoms. The minimum Gasteiger partial charge on any atom is -0.280 e. The number of nitrogens with zero attached hydrogens (tertiary/aromatic N) is 1. The molecule has 0 spiro atoms. The number of allylic oxidation sites excluding steroid dienone is 1. The molecule has 166 valence electrons. The fraction of sp³-hybridized carbons (Fsp3) is 0.0294. The first-order chi connectivity index (χ1) is 17.3. The average Bonchev–Trinajstić information content (AvgIpc) is 2.94. The first-order valence-electron chi connectivity index (χ1n) is 12.0. The third-order valence-electron chi connectivity index (χ3n) is 6.70. The Morgan fingerprint density at radius 3 is 1.77 bits per heavy atom. The Morgan fingerprint density at radius 2 is 1.11 bits per heavy atom. The van der Waals surface area contributed by atoms with E-state index in [0.29, 0.717) is 6.54 Å². The number of aliphatic imine (C=N–C) groups is 1. The zero-order valence-electron chi connectivity index (χ0n) is 19.5. The molecule has 0 heterocycles. The summed E-state index contributed by atoms with van der Waals surface area (Å²) in [6.45, 7) is 4.67. The lowest BCUT2D eigenvalue weighted by molar-refractivity contribution is 1.07. The molecule has 1 heteroatoms. The van der Waals surface area contributed by atoms with Gasteiger partial charge in [-0.05, 0) is 67.2 Å². The monoisotopic (exact) mass is 447 g/mol. The van der Waals surface area contributed by atoms with Gasteiger partial charge in [-0.2, -0.15) is 0 Å². The van der Waals surface area contributed by atoms with Gasteiger partial charge in [0.2, 0.25) is 0 Å². The van der Waals surface area contributed by atoms with Crippen LogP contribution in [0.15, 0.2) is 139 Å². The molecule has 0 fully saturated rings. The minimum atomic E-state index is 0.640. The van der Waals surface area contributed by atoms with Gasteiger partial charge in [-0.15, -0.1) is 0 Å². The van der Waals surface area contributed by atoms with Crippen LogP contribution in [0.2, 0.25) is 0 Å². The maximum atomic E-state index is 4.84. The van der Waals surface area contributed by atoms with E-state index in [4.69, 9.17) is 4.99 Å². The van der Waals surface area contributed by atoms with Gasteiger partial charge in [-0.25, -0.2) is 0 Å². The zero-order valence-corrected chi connectivity index (χ0v) is 19.5. The highest BCUT2D eigenvalue weighted by atomic mass is 14.7. The number of fused-ring (bicyclic) bond motifs is 6. The summed E-state index contributed by atoms with van der Waals surface area (Å²) >= 11 is 0. The molecular formula is C34H25N. The molecule has 0 aromatic heterocycles. The molecule has 6 aromatic rings. The van der Waals surface area contributed by atoms with E-state index in [9.17, 15) is 0 Å². The van der Waals surface area contributed by atoms with Gasteiger partial charge in [0.25, 0.3) is 0 Å². The fourth-order valence-corrected chi connectivity index (χ4v) is 4.98. The van der Waals surface area contributed by atoms with Crippen LogP contribution in [-0.4, -0.2) is 5.71 Å². The average molecular weight is 448 g/mol. The van der Waals surface area contributed by atoms with Crippen molar-refractivity contribution in [3.63, 3.8) is 0 Å². The third kappa shape index (κ3) is 3.92. The van der Waals surface area contributed by atoms with E-state index in [1.807, 2.05) is 24.3 Å². The Bertz CT molecular complexity index is 1690. The van der Waals surface area contributed by atoms with E-state index in [2.05, 4.69) is 110 Å². The lowest BCUT2D eigenvalue weighted by Crippen LogP contribution is -1.98. The van der Waals surface area contributed by atoms with Crippen molar-refractivity contribution < 1.29 is 0 Å². The Hall–Kier alpha value is -4.49. The van der Waals surface area contributed by atoms with Crippen LogP contribution < -0.4 is 0 Å². The van der Waals surface area contributed by atoms with E-state index < -0.39 is 0 Å². The van der Waals surface area contributed by atoms with Crippen molar-refractivity contribution in [2.24, 2.45) is 4.99 Å². The Kier molecular flexibility index (Phi) is 5.44. The van der Waals surface area contributed by atoms with E-state index in [1.54, 1.807) is 0 Å². The van der Waals surface area contributed by atoms with E-state index >= 15 is 0 Å². The summed E-state index contributed by atoms with van der Waals surface area (Å²) in [6, 6.07) is 43.2. The molecule has 0 aliphatic heterocycles. The third-order valence-corrected chi connectivity index (χ3v) is 6.70. The summed E-state index contributed by atoms with van der Waals surface area (Å²) in [6.07, 6.45) is 1.85. The van der Waals surface area contributed by atoms with Crippen LogP contribution in [0.4, 0.5) is 0 Å². The van der Waals surface area contributed by atoms with Gasteiger partial charge < -0.3 is 0 Å². The van der Waals surface area contributed by atoms with Gasteiger partial charge in [0, 0.05) is 5.56 Å². The van der Waals surface area contributed by atoms with Crippen LogP contribution in [0.1, 0.15) is 11.1 Å². The van der Waals surface area contributed by atoms with Crippen molar-refractivity contribution in [1.82, 2.24) is 0 Å². The molecule has 0 unspecified atom stereocenters. The predicted molar refractivity (Wildman–Crippen MR) is 151 cm³/mol. The predicted octanol–water partition coefficient (Wildman–Crippen LogP) is 8.99. The summed E-state index contributed by atoms with van der Waals surface area (Å²) in [5.41, 5.74) is 5.56. The van der Waals surface area contributed by atoms with Crippen LogP contribution in [0, 0.1) is 0 Å². The Balaban J connectivity index is 1.46. The Morgan fingerprint density at radius 1 is 0.543 bits per heavy atom. The normalized spacial score (nSPS) is 11.8. The van der Waals surface area contributed by atoms with Crippen molar-refractivity contribution in [3.05, 3.63) is 145 Å². The largest absolute Gasteiger partial charge is 0.280 e. The standard InChI is InChI=1S/C34H25N/c1-2-34(35-23-24-11-4-3-5-12-24)27-14-10-13-25(21-27)26-19-20-32-30-17-7-6-15-28(30)29-16-8-9-18-31(29)33(32)22-26/h2-22H,1,23H2. The van der Waals surface area contributed by atoms with E-state index in [0.717, 1.165) is 11.3 Å². The molecule has 0 aliphatic rings. The molecule has 0 aliphatic carbocycles. The number of hydrogen-bond donors (Lipinski definition) is 0. The SMILES string of the molecule is C=CC(=NCc1ccccc1)c1cccc(-c2ccc3c4ccccc4c4ccccc4c3c2)c1. The van der Waals surface area contributed by atoms with Crippen LogP contribution in [0.3, 0.4) is 0 Å². The maximum Gasteiger partial charge on any atom is 0.0647 e.